The first-order valence-corrected chi connectivity index (χ1v) is 8.10. The lowest BCUT2D eigenvalue weighted by Gasteiger charge is -2.32. The standard InChI is InChI=1S/C16H21ClN2O4/c17-13-4-1-2-5-14(13)23-12-7-10-19(11-8-12)16(22)18-9-3-6-15(20)21/h1-2,4-5,12H,3,6-11H2,(H,18,22)(H,20,21). The van der Waals surface area contributed by atoms with E-state index < -0.39 is 5.97 Å². The first-order chi connectivity index (χ1) is 11.1. The van der Waals surface area contributed by atoms with Gasteiger partial charge in [0.1, 0.15) is 11.9 Å². The summed E-state index contributed by atoms with van der Waals surface area (Å²) in [7, 11) is 0. The van der Waals surface area contributed by atoms with Crippen LogP contribution in [0.1, 0.15) is 25.7 Å². The van der Waals surface area contributed by atoms with Crippen molar-refractivity contribution in [3.05, 3.63) is 29.3 Å². The van der Waals surface area contributed by atoms with Gasteiger partial charge >= 0.3 is 12.0 Å². The highest BCUT2D eigenvalue weighted by molar-refractivity contribution is 6.32. The molecule has 0 aromatic heterocycles. The number of ether oxygens (including phenoxy) is 1. The minimum absolute atomic E-state index is 0.0472. The normalized spacial score (nSPS) is 15.3. The van der Waals surface area contributed by atoms with Crippen molar-refractivity contribution in [1.82, 2.24) is 10.2 Å². The number of carboxylic acids is 1. The molecule has 2 N–H and O–H groups in total. The molecular weight excluding hydrogens is 320 g/mol. The average Bonchev–Trinajstić information content (AvgIpc) is 2.54. The van der Waals surface area contributed by atoms with Gasteiger partial charge in [0.15, 0.2) is 0 Å². The van der Waals surface area contributed by atoms with Gasteiger partial charge in [-0.3, -0.25) is 4.79 Å². The van der Waals surface area contributed by atoms with Crippen LogP contribution in [0.15, 0.2) is 24.3 Å². The van der Waals surface area contributed by atoms with Crippen molar-refractivity contribution in [3.8, 4) is 5.75 Å². The van der Waals surface area contributed by atoms with Crippen LogP contribution < -0.4 is 10.1 Å². The summed E-state index contributed by atoms with van der Waals surface area (Å²) in [6.45, 7) is 1.60. The van der Waals surface area contributed by atoms with Crippen molar-refractivity contribution in [3.63, 3.8) is 0 Å². The maximum atomic E-state index is 12.0. The van der Waals surface area contributed by atoms with Crippen molar-refractivity contribution in [2.24, 2.45) is 0 Å². The van der Waals surface area contributed by atoms with Crippen LogP contribution >= 0.6 is 11.6 Å². The summed E-state index contributed by atoms with van der Waals surface area (Å²) in [6.07, 6.45) is 2.04. The molecule has 1 heterocycles. The zero-order chi connectivity index (χ0) is 16.7. The molecule has 23 heavy (non-hydrogen) atoms. The van der Waals surface area contributed by atoms with E-state index in [9.17, 15) is 9.59 Å². The summed E-state index contributed by atoms with van der Waals surface area (Å²) in [5.74, 6) is -0.178. The molecule has 1 aromatic rings. The van der Waals surface area contributed by atoms with Crippen LogP contribution in [0.5, 0.6) is 5.75 Å². The van der Waals surface area contributed by atoms with Gasteiger partial charge in [0.2, 0.25) is 0 Å². The number of aliphatic carboxylic acids is 1. The number of likely N-dealkylation sites (tertiary alicyclic amines) is 1. The molecule has 126 valence electrons. The lowest BCUT2D eigenvalue weighted by atomic mass is 10.1. The first kappa shape index (κ1) is 17.4. The maximum absolute atomic E-state index is 12.0. The van der Waals surface area contributed by atoms with Crippen molar-refractivity contribution >= 4 is 23.6 Å². The van der Waals surface area contributed by atoms with Gasteiger partial charge in [-0.15, -0.1) is 0 Å². The van der Waals surface area contributed by atoms with E-state index in [1.54, 1.807) is 11.0 Å². The summed E-state index contributed by atoms with van der Waals surface area (Å²) < 4.78 is 5.88. The first-order valence-electron chi connectivity index (χ1n) is 7.72. The molecule has 2 amide bonds. The van der Waals surface area contributed by atoms with E-state index >= 15 is 0 Å². The monoisotopic (exact) mass is 340 g/mol. The van der Waals surface area contributed by atoms with E-state index in [-0.39, 0.29) is 18.6 Å². The molecule has 0 spiro atoms. The van der Waals surface area contributed by atoms with Gasteiger partial charge < -0.3 is 20.1 Å². The Labute approximate surface area is 140 Å². The van der Waals surface area contributed by atoms with Crippen LogP contribution in [-0.4, -0.2) is 47.7 Å². The van der Waals surface area contributed by atoms with Gasteiger partial charge in [-0.1, -0.05) is 23.7 Å². The molecule has 0 aliphatic carbocycles. The molecular formula is C16H21ClN2O4. The molecule has 2 rings (SSSR count). The van der Waals surface area contributed by atoms with E-state index in [0.29, 0.717) is 36.8 Å². The van der Waals surface area contributed by atoms with Crippen molar-refractivity contribution in [1.29, 1.82) is 0 Å². The number of para-hydroxylation sites is 1. The van der Waals surface area contributed by atoms with Crippen molar-refractivity contribution in [2.45, 2.75) is 31.8 Å². The Hall–Kier alpha value is -1.95. The number of carboxylic acid groups (broad SMARTS) is 1. The Morgan fingerprint density at radius 1 is 1.30 bits per heavy atom. The number of carbonyl (C=O) groups is 2. The number of carbonyl (C=O) groups excluding carboxylic acids is 1. The Morgan fingerprint density at radius 3 is 2.65 bits per heavy atom. The van der Waals surface area contributed by atoms with Gasteiger partial charge in [0, 0.05) is 38.9 Å². The Morgan fingerprint density at radius 2 is 2.00 bits per heavy atom. The number of hydrogen-bond donors (Lipinski definition) is 2. The smallest absolute Gasteiger partial charge is 0.317 e. The topological polar surface area (TPSA) is 78.9 Å². The number of rotatable bonds is 6. The third kappa shape index (κ3) is 5.63. The summed E-state index contributed by atoms with van der Waals surface area (Å²) in [6, 6.07) is 7.21. The quantitative estimate of drug-likeness (QED) is 0.780. The summed E-state index contributed by atoms with van der Waals surface area (Å²) >= 11 is 6.07. The number of benzene rings is 1. The number of hydrogen-bond acceptors (Lipinski definition) is 3. The van der Waals surface area contributed by atoms with Gasteiger partial charge in [0.05, 0.1) is 5.02 Å². The van der Waals surface area contributed by atoms with E-state index in [0.717, 1.165) is 12.8 Å². The summed E-state index contributed by atoms with van der Waals surface area (Å²) in [5, 5.41) is 11.9. The van der Waals surface area contributed by atoms with Crippen LogP contribution in [0, 0.1) is 0 Å². The van der Waals surface area contributed by atoms with Gasteiger partial charge in [-0.2, -0.15) is 0 Å². The molecule has 0 unspecified atom stereocenters. The van der Waals surface area contributed by atoms with E-state index in [1.165, 1.54) is 0 Å². The lowest BCUT2D eigenvalue weighted by Crippen LogP contribution is -2.46. The largest absolute Gasteiger partial charge is 0.489 e. The second-order valence-electron chi connectivity index (χ2n) is 5.46. The molecule has 0 bridgehead atoms. The van der Waals surface area contributed by atoms with Crippen molar-refractivity contribution in [2.75, 3.05) is 19.6 Å². The highest BCUT2D eigenvalue weighted by Gasteiger charge is 2.24. The molecule has 0 radical (unpaired) electrons. The second kappa shape index (κ2) is 8.62. The van der Waals surface area contributed by atoms with Crippen LogP contribution in [0.25, 0.3) is 0 Å². The predicted octanol–water partition coefficient (Wildman–Crippen LogP) is 2.76. The van der Waals surface area contributed by atoms with E-state index in [4.69, 9.17) is 21.4 Å². The van der Waals surface area contributed by atoms with Crippen molar-refractivity contribution < 1.29 is 19.4 Å². The molecule has 1 aliphatic rings. The lowest BCUT2D eigenvalue weighted by molar-refractivity contribution is -0.137. The van der Waals surface area contributed by atoms with Gasteiger partial charge in [0.25, 0.3) is 0 Å². The number of nitrogens with one attached hydrogen (secondary N) is 1. The predicted molar refractivity (Wildman–Crippen MR) is 86.9 cm³/mol. The number of halogens is 1. The molecule has 1 saturated heterocycles. The molecule has 1 aliphatic heterocycles. The fraction of sp³-hybridized carbons (Fsp3) is 0.500. The fourth-order valence-corrected chi connectivity index (χ4v) is 2.62. The second-order valence-corrected chi connectivity index (χ2v) is 5.87. The molecule has 1 fully saturated rings. The number of amides is 2. The van der Waals surface area contributed by atoms with Gasteiger partial charge in [-0.05, 0) is 18.6 Å². The zero-order valence-electron chi connectivity index (χ0n) is 12.8. The molecule has 1 aromatic carbocycles. The third-order valence-corrected chi connectivity index (χ3v) is 4.02. The fourth-order valence-electron chi connectivity index (χ4n) is 2.44. The maximum Gasteiger partial charge on any atom is 0.317 e. The molecule has 0 atom stereocenters. The zero-order valence-corrected chi connectivity index (χ0v) is 13.6. The highest BCUT2D eigenvalue weighted by atomic mass is 35.5. The SMILES string of the molecule is O=C(O)CCCNC(=O)N1CCC(Oc2ccccc2Cl)CC1. The summed E-state index contributed by atoms with van der Waals surface area (Å²) in [4.78, 5) is 24.1. The molecule has 6 nitrogen and oxygen atoms in total. The van der Waals surface area contributed by atoms with Crippen LogP contribution in [0.4, 0.5) is 4.79 Å². The molecule has 0 saturated carbocycles. The Balaban J connectivity index is 1.70. The Kier molecular flexibility index (Phi) is 6.52. The average molecular weight is 341 g/mol. The number of nitrogens with zero attached hydrogens (tertiary/aromatic N) is 1. The Bertz CT molecular complexity index is 545. The third-order valence-electron chi connectivity index (χ3n) is 3.70. The van der Waals surface area contributed by atoms with E-state index in [1.807, 2.05) is 18.2 Å². The minimum atomic E-state index is -0.850. The minimum Gasteiger partial charge on any atom is -0.489 e. The van der Waals surface area contributed by atoms with Crippen LogP contribution in [-0.2, 0) is 4.79 Å². The summed E-state index contributed by atoms with van der Waals surface area (Å²) in [5.41, 5.74) is 0. The van der Waals surface area contributed by atoms with Crippen LogP contribution in [0.2, 0.25) is 5.02 Å². The number of piperidine rings is 1. The number of urea groups is 1. The van der Waals surface area contributed by atoms with Crippen LogP contribution in [0.3, 0.4) is 0 Å². The van der Waals surface area contributed by atoms with E-state index in [2.05, 4.69) is 5.32 Å². The molecule has 7 heteroatoms. The van der Waals surface area contributed by atoms with Gasteiger partial charge in [-0.25, -0.2) is 4.79 Å². The highest BCUT2D eigenvalue weighted by Crippen LogP contribution is 2.26.